The van der Waals surface area contributed by atoms with Crippen LogP contribution in [0.2, 0.25) is 0 Å². The third-order valence-corrected chi connectivity index (χ3v) is 24.2. The Morgan fingerprint density at radius 2 is 1.04 bits per heavy atom. The second kappa shape index (κ2) is 50.9. The number of carboxylic acids is 1. The second-order valence-corrected chi connectivity index (χ2v) is 34.5. The van der Waals surface area contributed by atoms with E-state index in [1.165, 1.54) is 76.5 Å². The number of carbonyl (C=O) groups is 16. The third kappa shape index (κ3) is 30.0. The second-order valence-electron chi connectivity index (χ2n) is 33.5. The molecule has 730 valence electrons. The monoisotopic (exact) mass is 1910 g/mol. The lowest BCUT2D eigenvalue weighted by atomic mass is 9.98. The zero-order valence-corrected chi connectivity index (χ0v) is 76.6. The van der Waals surface area contributed by atoms with E-state index in [0.717, 1.165) is 31.5 Å². The molecule has 2 fully saturated rings. The minimum atomic E-state index is -2.04. The number of rotatable bonds is 25. The number of unbranched alkanes of at least 4 members (excludes halogenated alkanes) is 1. The van der Waals surface area contributed by atoms with Crippen LogP contribution in [0.25, 0.3) is 10.9 Å². The van der Waals surface area contributed by atoms with Gasteiger partial charge >= 0.3 is 5.97 Å². The lowest BCUT2D eigenvalue weighted by Gasteiger charge is -2.38. The van der Waals surface area contributed by atoms with Crippen LogP contribution < -0.4 is 53.6 Å². The number of aliphatic carboxylic acids is 1. The highest BCUT2D eigenvalue weighted by molar-refractivity contribution is 8.00. The Balaban J connectivity index is 1.15. The molecule has 1 aromatic heterocycles. The number of fused-ring (bicyclic) bond motifs is 2. The zero-order valence-electron chi connectivity index (χ0n) is 75.8. The number of hydrogen-bond acceptors (Lipinski definition) is 22. The summed E-state index contributed by atoms with van der Waals surface area (Å²) in [5.41, 5.74) is 7.55. The first-order valence-electron chi connectivity index (χ1n) is 44.1. The van der Waals surface area contributed by atoms with E-state index in [2.05, 4.69) is 52.8 Å². The van der Waals surface area contributed by atoms with Crippen LogP contribution in [0.5, 0.6) is 11.5 Å². The molecule has 3 heterocycles. The van der Waals surface area contributed by atoms with E-state index in [0.29, 0.717) is 63.5 Å². The summed E-state index contributed by atoms with van der Waals surface area (Å²) in [7, 11) is 3.58. The maximum absolute atomic E-state index is 15.8. The summed E-state index contributed by atoms with van der Waals surface area (Å²) in [4.78, 5) is 245. The minimum absolute atomic E-state index is 0.157. The van der Waals surface area contributed by atoms with E-state index >= 15 is 51.9 Å². The van der Waals surface area contributed by atoms with Crippen molar-refractivity contribution < 1.29 is 120 Å². The highest BCUT2D eigenvalue weighted by atomic mass is 32.2. The van der Waals surface area contributed by atoms with Gasteiger partial charge in [0, 0.05) is 102 Å². The van der Waals surface area contributed by atoms with Gasteiger partial charge < -0.3 is 113 Å². The number of aliphatic hydroxyl groups excluding tert-OH is 2. The number of phenolic OH excluding ortho intramolecular Hbond substituents is 2. The molecule has 15 amide bonds. The number of phenols is 2. The Bertz CT molecular complexity index is 5380. The van der Waals surface area contributed by atoms with Crippen molar-refractivity contribution in [1.29, 1.82) is 0 Å². The van der Waals surface area contributed by atoms with Crippen LogP contribution in [0.3, 0.4) is 0 Å². The Hall–Kier alpha value is -14.0. The van der Waals surface area contributed by atoms with Crippen LogP contribution >= 0.6 is 11.8 Å². The van der Waals surface area contributed by atoms with Crippen LogP contribution in [0, 0.1) is 23.4 Å². The van der Waals surface area contributed by atoms with Gasteiger partial charge in [0.15, 0.2) is 17.5 Å². The van der Waals surface area contributed by atoms with Crippen LogP contribution in [0.4, 0.5) is 13.2 Å². The number of aliphatic hydroxyl groups is 2. The molecule has 2 saturated heterocycles. The number of nitrogens with two attached hydrogens (primary N) is 1. The average molecular weight is 1910 g/mol. The number of thioether (sulfide) groups is 1. The van der Waals surface area contributed by atoms with Crippen molar-refractivity contribution in [2.45, 2.75) is 164 Å². The zero-order chi connectivity index (χ0) is 99.1. The van der Waals surface area contributed by atoms with Crippen molar-refractivity contribution >= 4 is 117 Å². The number of nitrogens with one attached hydrogen (secondary N) is 10. The molecule has 12 atom stereocenters. The SMILES string of the molecule is CCCC[C@H]1C(=O)N(CCO)CC(=O)N[C@@H](CC(=O)O)C(=O)N[C@@H](C(C)C)C(=O)N(C)[C@@H](Cc2ccccc2)C(=O)N[C@@H](Cc2ccc(O)cc2)C(=O)N2CCOC[C@@H]2C(=O)N[C@@H](Cc2c[nH]c3ccccc23)C(=O)N[C@@H](Cc2ccc(O)cc2)C(=O)N[C@@H](CCO)C(=O)N[C@H](C(=O)NCC(N)=O)CSCC(=O)N[C@@H](Cc2cc(F)c(F)c(F)c2)C(=O)N(C)[C@@H](Cc2ccccc2)C(=O)N1C. The molecule has 0 spiro atoms. The molecule has 136 heavy (non-hydrogen) atoms. The smallest absolute Gasteiger partial charge is 0.305 e. The first-order chi connectivity index (χ1) is 64.9. The number of carbonyl (C=O) groups excluding carboxylic acids is 15. The lowest BCUT2D eigenvalue weighted by Crippen LogP contribution is -2.64. The molecule has 7 aromatic rings. The van der Waals surface area contributed by atoms with Crippen LogP contribution in [0.15, 0.2) is 152 Å². The van der Waals surface area contributed by atoms with Gasteiger partial charge in [0.2, 0.25) is 88.6 Å². The van der Waals surface area contributed by atoms with Crippen LogP contribution in [-0.4, -0.2) is 307 Å². The molecule has 38 nitrogen and oxygen atoms in total. The van der Waals surface area contributed by atoms with Crippen LogP contribution in [0.1, 0.15) is 86.3 Å². The standard InChI is InChI=1S/C94H115F3N16O22S/c1-7-8-23-73-93(133)112(33-36-115)49-78(119)101-69(46-80(121)122)87(127)108-82(53(2)3)94(134)110(5)74(43-54-17-11-9-12-18-54)88(128)106-71(41-57-26-30-61(117)31-27-57)91(131)113-34-37-135-50-76(113)89(129)105-68(45-59-47-99-65-22-16-15-21-62(59)65)86(126)104-67(40-56-24-28-60(116)29-25-56)85(125)103-66(32-35-114)84(124)107-72(83(123)100-48-77(98)118)51-136-52-79(120)102-70(42-58-38-63(95)81(97)64(96)39-58)90(130)111(6)75(92(132)109(73)4)44-55-19-13-10-14-20-55/h9-22,24-31,38-39,47,53,66-76,82,99,114-117H,7-8,23,32-37,40-46,48-52H2,1-6H3,(H2,98,118)(H,100,123)(H,101,119)(H,102,120)(H,103,125)(H,104,126)(H,105,129)(H,106,128)(H,107,124)(H,108,127)(H,121,122)/t66-,67-,68-,69-,70-,71-,72-,73-,74-,75-,76+,82-/m0/s1. The van der Waals surface area contributed by atoms with Gasteiger partial charge in [0.05, 0.1) is 45.1 Å². The van der Waals surface area contributed by atoms with Gasteiger partial charge in [0.25, 0.3) is 0 Å². The number of para-hydroxylation sites is 1. The molecular weight excluding hydrogens is 1790 g/mol. The number of aromatic amines is 1. The first kappa shape index (κ1) is 106. The Labute approximate surface area is 785 Å². The van der Waals surface area contributed by atoms with Gasteiger partial charge in [-0.25, -0.2) is 13.2 Å². The number of benzene rings is 6. The highest BCUT2D eigenvalue weighted by Gasteiger charge is 2.45. The summed E-state index contributed by atoms with van der Waals surface area (Å²) in [6.45, 7) is -0.407. The number of β-amino-alcohol motifs (C(OH)–C–C–N with tert-alkyl or cyclic N) is 1. The summed E-state index contributed by atoms with van der Waals surface area (Å²) in [5.74, 6) is -25.6. The van der Waals surface area contributed by atoms with E-state index in [4.69, 9.17) is 10.5 Å². The first-order valence-corrected chi connectivity index (χ1v) is 45.3. The number of hydrogen-bond donors (Lipinski definition) is 16. The van der Waals surface area contributed by atoms with Gasteiger partial charge in [-0.15, -0.1) is 11.8 Å². The van der Waals surface area contributed by atoms with Crippen molar-refractivity contribution in [2.24, 2.45) is 11.7 Å². The summed E-state index contributed by atoms with van der Waals surface area (Å²) < 4.78 is 50.9. The maximum Gasteiger partial charge on any atom is 0.305 e. The van der Waals surface area contributed by atoms with Crippen molar-refractivity contribution in [2.75, 3.05) is 85.3 Å². The molecule has 2 aliphatic rings. The molecule has 2 aliphatic heterocycles. The van der Waals surface area contributed by atoms with Gasteiger partial charge in [-0.3, -0.25) is 76.7 Å². The average Bonchev–Trinajstić information content (AvgIpc) is 1.23. The number of primary amides is 1. The molecule has 42 heteroatoms. The van der Waals surface area contributed by atoms with Gasteiger partial charge in [0.1, 0.15) is 84.0 Å². The predicted octanol–water partition coefficient (Wildman–Crippen LogP) is 0.212. The van der Waals surface area contributed by atoms with E-state index in [1.54, 1.807) is 98.0 Å². The molecule has 6 aromatic carbocycles. The van der Waals surface area contributed by atoms with E-state index in [9.17, 15) is 63.5 Å². The normalized spacial score (nSPS) is 22.4. The highest BCUT2D eigenvalue weighted by Crippen LogP contribution is 2.26. The number of carboxylic acid groups (broad SMARTS) is 1. The third-order valence-electron chi connectivity index (χ3n) is 23.2. The predicted molar refractivity (Wildman–Crippen MR) is 489 cm³/mol. The molecule has 0 saturated carbocycles. The van der Waals surface area contributed by atoms with Crippen LogP contribution in [-0.2, 0) is 120 Å². The maximum atomic E-state index is 15.8. The summed E-state index contributed by atoms with van der Waals surface area (Å²) in [5, 5.41) is 75.7. The topological polar surface area (TPSA) is 550 Å². The summed E-state index contributed by atoms with van der Waals surface area (Å²) >= 11 is 0.603. The number of nitrogens with zero attached hydrogens (tertiary/aromatic N) is 5. The fraction of sp³-hybridized carbons (Fsp3) is 0.426. The van der Waals surface area contributed by atoms with Crippen molar-refractivity contribution in [3.8, 4) is 11.5 Å². The fourth-order valence-electron chi connectivity index (χ4n) is 15.7. The quantitative estimate of drug-likeness (QED) is 0.0340. The van der Waals surface area contributed by atoms with Gasteiger partial charge in [-0.05, 0) is 94.6 Å². The molecule has 0 bridgehead atoms. The van der Waals surface area contributed by atoms with E-state index < -0.39 is 273 Å². The van der Waals surface area contributed by atoms with Crippen molar-refractivity contribution in [1.82, 2.24) is 77.3 Å². The molecule has 0 unspecified atom stereocenters. The molecular formula is C94H115F3N16O22S. The van der Waals surface area contributed by atoms with Gasteiger partial charge in [-0.2, -0.15) is 0 Å². The van der Waals surface area contributed by atoms with E-state index in [1.807, 2.05) is 0 Å². The molecule has 0 aliphatic carbocycles. The number of ether oxygens (including phenoxy) is 1. The molecule has 0 radical (unpaired) electrons. The number of halogens is 3. The summed E-state index contributed by atoms with van der Waals surface area (Å²) in [6.07, 6.45) is -2.32. The largest absolute Gasteiger partial charge is 0.508 e. The molecule has 17 N–H and O–H groups in total. The van der Waals surface area contributed by atoms with Crippen molar-refractivity contribution in [3.63, 3.8) is 0 Å². The Morgan fingerprint density at radius 3 is 1.63 bits per heavy atom. The van der Waals surface area contributed by atoms with Crippen molar-refractivity contribution in [3.05, 3.63) is 203 Å². The summed E-state index contributed by atoms with van der Waals surface area (Å²) in [6, 6.07) is 14.4. The number of aromatic hydroxyl groups is 2. The lowest BCUT2D eigenvalue weighted by molar-refractivity contribution is -0.152. The minimum Gasteiger partial charge on any atom is -0.508 e. The molecule has 9 rings (SSSR count). The number of H-pyrrole nitrogens is 1. The fourth-order valence-corrected chi connectivity index (χ4v) is 16.6. The number of likely N-dealkylation sites (N-methyl/N-ethyl adjacent to an activating group) is 3. The Morgan fingerprint density at radius 1 is 0.529 bits per heavy atom. The number of aromatic nitrogens is 1. The Kier molecular flexibility index (Phi) is 39.6. The number of amides is 15. The van der Waals surface area contributed by atoms with Gasteiger partial charge in [-0.1, -0.05) is 137 Å². The van der Waals surface area contributed by atoms with E-state index in [-0.39, 0.29) is 68.7 Å². The number of morpholine rings is 1.